The number of hydrogen-bond acceptors (Lipinski definition) is 1. The van der Waals surface area contributed by atoms with Crippen molar-refractivity contribution in [1.82, 2.24) is 0 Å². The third-order valence-corrected chi connectivity index (χ3v) is 2.11. The molecule has 0 aromatic carbocycles. The van der Waals surface area contributed by atoms with Crippen molar-refractivity contribution in [2.45, 2.75) is 20.3 Å². The number of carbonyl (C=O) groups is 1. The molecule has 0 heterocycles. The van der Waals surface area contributed by atoms with Crippen LogP contribution in [0.5, 0.6) is 0 Å². The second-order valence-electron chi connectivity index (χ2n) is 3.27. The lowest BCUT2D eigenvalue weighted by Crippen LogP contribution is -2.00. The summed E-state index contributed by atoms with van der Waals surface area (Å²) in [6.07, 6.45) is 9.09. The van der Waals surface area contributed by atoms with Gasteiger partial charge in [-0.05, 0) is 30.6 Å². The zero-order valence-corrected chi connectivity index (χ0v) is 9.86. The van der Waals surface area contributed by atoms with Crippen LogP contribution in [0, 0.1) is 0 Å². The Kier molecular flexibility index (Phi) is 6.61. The number of allylic oxidation sites excluding steroid dienone is 7. The van der Waals surface area contributed by atoms with Crippen LogP contribution in [-0.4, -0.2) is 11.1 Å². The molecule has 0 atom stereocenters. The third kappa shape index (κ3) is 4.60. The lowest BCUT2D eigenvalue weighted by Gasteiger charge is -2.03. The van der Waals surface area contributed by atoms with E-state index in [1.165, 1.54) is 0 Å². The molecule has 0 fully saturated rings. The molecule has 2 nitrogen and oxygen atoms in total. The second-order valence-corrected chi connectivity index (χ2v) is 3.27. The molecule has 0 saturated carbocycles. The Balaban J connectivity index is 5.32. The number of carboxylic acid groups (broad SMARTS) is 1. The summed E-state index contributed by atoms with van der Waals surface area (Å²) in [5.74, 6) is -0.885. The minimum absolute atomic E-state index is 0.380. The van der Waals surface area contributed by atoms with E-state index in [4.69, 9.17) is 5.11 Å². The van der Waals surface area contributed by atoms with Gasteiger partial charge in [-0.25, -0.2) is 4.79 Å². The first-order valence-corrected chi connectivity index (χ1v) is 5.13. The fraction of sp³-hybridized carbons (Fsp3) is 0.214. The molecule has 0 bridgehead atoms. The van der Waals surface area contributed by atoms with E-state index in [0.29, 0.717) is 12.0 Å². The molecule has 2 heteroatoms. The summed E-state index contributed by atoms with van der Waals surface area (Å²) in [4.78, 5) is 10.9. The van der Waals surface area contributed by atoms with Crippen LogP contribution in [0.1, 0.15) is 20.3 Å². The maximum absolute atomic E-state index is 10.9. The molecule has 86 valence electrons. The van der Waals surface area contributed by atoms with E-state index in [2.05, 4.69) is 13.2 Å². The topological polar surface area (TPSA) is 37.3 Å². The molecule has 0 saturated heterocycles. The SMILES string of the molecule is C=C\C=C(C)/C(=C\C=C)/C=C(\CC)C(=O)O. The van der Waals surface area contributed by atoms with Crippen molar-refractivity contribution < 1.29 is 9.90 Å². The molecular weight excluding hydrogens is 200 g/mol. The molecule has 16 heavy (non-hydrogen) atoms. The molecule has 0 aliphatic rings. The van der Waals surface area contributed by atoms with Gasteiger partial charge in [0.05, 0.1) is 0 Å². The first kappa shape index (κ1) is 14.2. The quantitative estimate of drug-likeness (QED) is 0.545. The van der Waals surface area contributed by atoms with Gasteiger partial charge in [0.1, 0.15) is 0 Å². The molecule has 0 aliphatic carbocycles. The first-order valence-electron chi connectivity index (χ1n) is 5.13. The van der Waals surface area contributed by atoms with E-state index in [1.807, 2.05) is 19.9 Å². The summed E-state index contributed by atoms with van der Waals surface area (Å²) in [7, 11) is 0. The maximum atomic E-state index is 10.9. The minimum atomic E-state index is -0.885. The fourth-order valence-corrected chi connectivity index (χ4v) is 1.20. The summed E-state index contributed by atoms with van der Waals surface area (Å²) < 4.78 is 0. The van der Waals surface area contributed by atoms with Crippen molar-refractivity contribution in [2.24, 2.45) is 0 Å². The van der Waals surface area contributed by atoms with Crippen molar-refractivity contribution in [3.05, 3.63) is 60.3 Å². The summed E-state index contributed by atoms with van der Waals surface area (Å²) in [5, 5.41) is 8.94. The Morgan fingerprint density at radius 2 is 1.81 bits per heavy atom. The van der Waals surface area contributed by atoms with Gasteiger partial charge in [-0.15, -0.1) is 0 Å². The van der Waals surface area contributed by atoms with Crippen LogP contribution in [0.4, 0.5) is 0 Å². The maximum Gasteiger partial charge on any atom is 0.331 e. The fourth-order valence-electron chi connectivity index (χ4n) is 1.20. The van der Waals surface area contributed by atoms with Gasteiger partial charge in [0.15, 0.2) is 0 Å². The molecule has 0 radical (unpaired) electrons. The van der Waals surface area contributed by atoms with E-state index < -0.39 is 5.97 Å². The molecule has 0 rings (SSSR count). The molecule has 0 spiro atoms. The normalized spacial score (nSPS) is 13.5. The Morgan fingerprint density at radius 3 is 2.19 bits per heavy atom. The monoisotopic (exact) mass is 218 g/mol. The standard InChI is InChI=1S/C14H18O2/c1-5-8-11(4)13(9-6-2)10-12(7-3)14(15)16/h5-6,8-10H,1-2,7H2,3-4H3,(H,15,16)/b11-8-,12-10+,13-9-. The molecule has 0 unspecified atom stereocenters. The highest BCUT2D eigenvalue weighted by Crippen LogP contribution is 2.15. The van der Waals surface area contributed by atoms with E-state index >= 15 is 0 Å². The summed E-state index contributed by atoms with van der Waals surface area (Å²) in [5.41, 5.74) is 2.18. The largest absolute Gasteiger partial charge is 0.478 e. The molecule has 1 N–H and O–H groups in total. The van der Waals surface area contributed by atoms with Crippen molar-refractivity contribution in [1.29, 1.82) is 0 Å². The predicted octanol–water partition coefficient (Wildman–Crippen LogP) is 3.65. The Morgan fingerprint density at radius 1 is 1.25 bits per heavy atom. The lowest BCUT2D eigenvalue weighted by molar-refractivity contribution is -0.132. The van der Waals surface area contributed by atoms with Gasteiger partial charge in [-0.1, -0.05) is 44.4 Å². The average molecular weight is 218 g/mol. The van der Waals surface area contributed by atoms with E-state index in [0.717, 1.165) is 11.1 Å². The molecule has 0 aliphatic heterocycles. The Hall–Kier alpha value is -1.83. The number of hydrogen-bond donors (Lipinski definition) is 1. The molecule has 0 aromatic rings. The third-order valence-electron chi connectivity index (χ3n) is 2.11. The number of aliphatic carboxylic acids is 1. The van der Waals surface area contributed by atoms with Crippen molar-refractivity contribution >= 4 is 5.97 Å². The summed E-state index contributed by atoms with van der Waals surface area (Å²) in [6, 6.07) is 0. The molecular formula is C14H18O2. The van der Waals surface area contributed by atoms with Gasteiger partial charge >= 0.3 is 5.97 Å². The second kappa shape index (κ2) is 7.46. The predicted molar refractivity (Wildman–Crippen MR) is 68.2 cm³/mol. The highest BCUT2D eigenvalue weighted by Gasteiger charge is 2.05. The zero-order valence-electron chi connectivity index (χ0n) is 9.86. The van der Waals surface area contributed by atoms with Gasteiger partial charge in [-0.2, -0.15) is 0 Å². The van der Waals surface area contributed by atoms with Gasteiger partial charge in [0, 0.05) is 5.57 Å². The number of rotatable bonds is 6. The van der Waals surface area contributed by atoms with E-state index in [9.17, 15) is 4.79 Å². The van der Waals surface area contributed by atoms with Crippen LogP contribution >= 0.6 is 0 Å². The summed E-state index contributed by atoms with van der Waals surface area (Å²) >= 11 is 0. The Labute approximate surface area is 97.0 Å². The van der Waals surface area contributed by atoms with Crippen molar-refractivity contribution in [3.8, 4) is 0 Å². The van der Waals surface area contributed by atoms with Crippen LogP contribution in [0.15, 0.2) is 60.3 Å². The van der Waals surface area contributed by atoms with Crippen LogP contribution in [0.25, 0.3) is 0 Å². The average Bonchev–Trinajstić information content (AvgIpc) is 2.23. The van der Waals surface area contributed by atoms with Crippen molar-refractivity contribution in [2.75, 3.05) is 0 Å². The van der Waals surface area contributed by atoms with Crippen LogP contribution in [-0.2, 0) is 4.79 Å². The number of carboxylic acids is 1. The van der Waals surface area contributed by atoms with Gasteiger partial charge in [-0.3, -0.25) is 0 Å². The van der Waals surface area contributed by atoms with Gasteiger partial charge in [0.2, 0.25) is 0 Å². The minimum Gasteiger partial charge on any atom is -0.478 e. The van der Waals surface area contributed by atoms with E-state index in [1.54, 1.807) is 24.3 Å². The lowest BCUT2D eigenvalue weighted by atomic mass is 10.0. The van der Waals surface area contributed by atoms with Crippen LogP contribution < -0.4 is 0 Å². The van der Waals surface area contributed by atoms with E-state index in [-0.39, 0.29) is 0 Å². The summed E-state index contributed by atoms with van der Waals surface area (Å²) in [6.45, 7) is 10.9. The van der Waals surface area contributed by atoms with Gasteiger partial charge in [0.25, 0.3) is 0 Å². The highest BCUT2D eigenvalue weighted by atomic mass is 16.4. The Bertz CT molecular complexity index is 368. The zero-order chi connectivity index (χ0) is 12.6. The van der Waals surface area contributed by atoms with Crippen molar-refractivity contribution in [3.63, 3.8) is 0 Å². The van der Waals surface area contributed by atoms with Gasteiger partial charge < -0.3 is 5.11 Å². The van der Waals surface area contributed by atoms with Crippen LogP contribution in [0.2, 0.25) is 0 Å². The highest BCUT2D eigenvalue weighted by molar-refractivity contribution is 5.87. The molecule has 0 aromatic heterocycles. The molecule has 0 amide bonds. The smallest absolute Gasteiger partial charge is 0.331 e. The van der Waals surface area contributed by atoms with Crippen LogP contribution in [0.3, 0.4) is 0 Å². The first-order chi connectivity index (χ1) is 7.56.